The SMILES string of the molecule is CCOC(=O)Nc1cccc(C(=O)OCc2nnc(-c3ccccc3)o2)c1. The van der Waals surface area contributed by atoms with Crippen molar-refractivity contribution in [3.63, 3.8) is 0 Å². The van der Waals surface area contributed by atoms with Crippen LogP contribution in [0.1, 0.15) is 23.2 Å². The maximum absolute atomic E-state index is 12.2. The van der Waals surface area contributed by atoms with E-state index in [9.17, 15) is 9.59 Å². The number of amides is 1. The van der Waals surface area contributed by atoms with Crippen molar-refractivity contribution in [1.29, 1.82) is 0 Å². The molecule has 3 aromatic rings. The van der Waals surface area contributed by atoms with Crippen LogP contribution in [0.5, 0.6) is 0 Å². The first kappa shape index (κ1) is 18.1. The molecule has 8 nitrogen and oxygen atoms in total. The van der Waals surface area contributed by atoms with E-state index in [2.05, 4.69) is 15.5 Å². The minimum Gasteiger partial charge on any atom is -0.452 e. The summed E-state index contributed by atoms with van der Waals surface area (Å²) in [6, 6.07) is 15.6. The van der Waals surface area contributed by atoms with E-state index in [1.54, 1.807) is 25.1 Å². The number of carbonyl (C=O) groups excluding carboxylic acids is 2. The van der Waals surface area contributed by atoms with E-state index in [0.717, 1.165) is 5.56 Å². The highest BCUT2D eigenvalue weighted by Crippen LogP contribution is 2.18. The summed E-state index contributed by atoms with van der Waals surface area (Å²) in [6.45, 7) is 1.80. The molecule has 0 fully saturated rings. The third-order valence-corrected chi connectivity index (χ3v) is 3.43. The Kier molecular flexibility index (Phi) is 5.78. The minimum atomic E-state index is -0.595. The lowest BCUT2D eigenvalue weighted by molar-refractivity contribution is 0.0438. The third kappa shape index (κ3) is 4.91. The van der Waals surface area contributed by atoms with Crippen molar-refractivity contribution in [1.82, 2.24) is 10.2 Å². The van der Waals surface area contributed by atoms with E-state index in [1.165, 1.54) is 6.07 Å². The van der Waals surface area contributed by atoms with Crippen LogP contribution in [0.4, 0.5) is 10.5 Å². The molecular formula is C19H17N3O5. The lowest BCUT2D eigenvalue weighted by atomic mass is 10.2. The summed E-state index contributed by atoms with van der Waals surface area (Å²) in [6.07, 6.45) is -0.595. The highest BCUT2D eigenvalue weighted by Gasteiger charge is 2.13. The van der Waals surface area contributed by atoms with Crippen LogP contribution in [0.25, 0.3) is 11.5 Å². The second-order valence-electron chi connectivity index (χ2n) is 5.37. The number of esters is 1. The average Bonchev–Trinajstić information content (AvgIpc) is 3.16. The molecule has 8 heteroatoms. The van der Waals surface area contributed by atoms with Crippen LogP contribution in [0.2, 0.25) is 0 Å². The molecular weight excluding hydrogens is 350 g/mol. The van der Waals surface area contributed by atoms with Crippen LogP contribution in [-0.2, 0) is 16.1 Å². The van der Waals surface area contributed by atoms with E-state index in [-0.39, 0.29) is 24.7 Å². The van der Waals surface area contributed by atoms with Crippen molar-refractivity contribution < 1.29 is 23.5 Å². The van der Waals surface area contributed by atoms with Crippen LogP contribution >= 0.6 is 0 Å². The van der Waals surface area contributed by atoms with Gasteiger partial charge in [-0.1, -0.05) is 24.3 Å². The molecule has 0 aliphatic carbocycles. The second kappa shape index (κ2) is 8.61. The number of nitrogens with one attached hydrogen (secondary N) is 1. The number of hydrogen-bond donors (Lipinski definition) is 1. The number of anilines is 1. The fraction of sp³-hybridized carbons (Fsp3) is 0.158. The predicted molar refractivity (Wildman–Crippen MR) is 95.9 cm³/mol. The molecule has 3 rings (SSSR count). The number of aromatic nitrogens is 2. The summed E-state index contributed by atoms with van der Waals surface area (Å²) in [5, 5.41) is 10.3. The van der Waals surface area contributed by atoms with Gasteiger partial charge in [-0.05, 0) is 37.3 Å². The first-order valence-corrected chi connectivity index (χ1v) is 8.24. The minimum absolute atomic E-state index is 0.159. The summed E-state index contributed by atoms with van der Waals surface area (Å²) < 4.78 is 15.5. The van der Waals surface area contributed by atoms with Gasteiger partial charge in [0.25, 0.3) is 5.89 Å². The number of benzene rings is 2. The van der Waals surface area contributed by atoms with Gasteiger partial charge >= 0.3 is 12.1 Å². The molecule has 2 aromatic carbocycles. The molecule has 1 N–H and O–H groups in total. The Morgan fingerprint density at radius 3 is 2.63 bits per heavy atom. The van der Waals surface area contributed by atoms with Crippen LogP contribution in [0, 0.1) is 0 Å². The Labute approximate surface area is 155 Å². The van der Waals surface area contributed by atoms with Crippen molar-refractivity contribution in [3.8, 4) is 11.5 Å². The van der Waals surface area contributed by atoms with E-state index in [1.807, 2.05) is 30.3 Å². The molecule has 0 atom stereocenters. The van der Waals surface area contributed by atoms with Crippen molar-refractivity contribution in [3.05, 3.63) is 66.1 Å². The highest BCUT2D eigenvalue weighted by atomic mass is 16.5. The number of hydrogen-bond acceptors (Lipinski definition) is 7. The van der Waals surface area contributed by atoms with Gasteiger partial charge < -0.3 is 13.9 Å². The summed E-state index contributed by atoms with van der Waals surface area (Å²) in [7, 11) is 0. The normalized spacial score (nSPS) is 10.3. The van der Waals surface area contributed by atoms with Gasteiger partial charge in [-0.2, -0.15) is 0 Å². The van der Waals surface area contributed by atoms with E-state index in [0.29, 0.717) is 11.6 Å². The molecule has 0 bridgehead atoms. The van der Waals surface area contributed by atoms with Crippen molar-refractivity contribution in [2.75, 3.05) is 11.9 Å². The van der Waals surface area contributed by atoms with Crippen LogP contribution in [0.15, 0.2) is 59.0 Å². The summed E-state index contributed by atoms with van der Waals surface area (Å²) in [4.78, 5) is 23.6. The molecule has 0 saturated carbocycles. The van der Waals surface area contributed by atoms with Gasteiger partial charge in [-0.3, -0.25) is 5.32 Å². The number of nitrogens with zero attached hydrogens (tertiary/aromatic N) is 2. The van der Waals surface area contributed by atoms with Crippen molar-refractivity contribution in [2.24, 2.45) is 0 Å². The Morgan fingerprint density at radius 1 is 1.04 bits per heavy atom. The maximum atomic E-state index is 12.2. The van der Waals surface area contributed by atoms with Gasteiger partial charge in [-0.25, -0.2) is 9.59 Å². The van der Waals surface area contributed by atoms with Crippen molar-refractivity contribution in [2.45, 2.75) is 13.5 Å². The number of ether oxygens (including phenoxy) is 2. The summed E-state index contributed by atoms with van der Waals surface area (Å²) in [5.41, 5.74) is 1.47. The number of rotatable bonds is 6. The van der Waals surface area contributed by atoms with Crippen LogP contribution < -0.4 is 5.32 Å². The first-order valence-electron chi connectivity index (χ1n) is 8.24. The number of carbonyl (C=O) groups is 2. The molecule has 27 heavy (non-hydrogen) atoms. The van der Waals surface area contributed by atoms with E-state index < -0.39 is 12.1 Å². The Morgan fingerprint density at radius 2 is 1.85 bits per heavy atom. The van der Waals surface area contributed by atoms with Gasteiger partial charge in [0.15, 0.2) is 6.61 Å². The van der Waals surface area contributed by atoms with E-state index >= 15 is 0 Å². The summed E-state index contributed by atoms with van der Waals surface area (Å²) in [5.74, 6) is -0.0488. The molecule has 0 spiro atoms. The third-order valence-electron chi connectivity index (χ3n) is 3.43. The molecule has 0 radical (unpaired) electrons. The zero-order valence-corrected chi connectivity index (χ0v) is 14.5. The molecule has 0 aliphatic heterocycles. The summed E-state index contributed by atoms with van der Waals surface area (Å²) >= 11 is 0. The fourth-order valence-electron chi connectivity index (χ4n) is 2.23. The van der Waals surface area contributed by atoms with Gasteiger partial charge in [0.2, 0.25) is 5.89 Å². The zero-order valence-electron chi connectivity index (χ0n) is 14.5. The Hall–Kier alpha value is -3.68. The predicted octanol–water partition coefficient (Wildman–Crippen LogP) is 3.66. The Balaban J connectivity index is 1.60. The second-order valence-corrected chi connectivity index (χ2v) is 5.37. The zero-order chi connectivity index (χ0) is 19.1. The van der Waals surface area contributed by atoms with Crippen LogP contribution in [-0.4, -0.2) is 28.9 Å². The van der Waals surface area contributed by atoms with Gasteiger partial charge in [0.05, 0.1) is 12.2 Å². The molecule has 0 saturated heterocycles. The van der Waals surface area contributed by atoms with Crippen molar-refractivity contribution >= 4 is 17.7 Å². The average molecular weight is 367 g/mol. The highest BCUT2D eigenvalue weighted by molar-refractivity contribution is 5.92. The molecule has 0 unspecified atom stereocenters. The van der Waals surface area contributed by atoms with Gasteiger partial charge in [0, 0.05) is 11.3 Å². The lowest BCUT2D eigenvalue weighted by Gasteiger charge is -2.07. The van der Waals surface area contributed by atoms with E-state index in [4.69, 9.17) is 13.9 Å². The first-order chi connectivity index (χ1) is 13.2. The quantitative estimate of drug-likeness (QED) is 0.663. The largest absolute Gasteiger partial charge is 0.452 e. The van der Waals surface area contributed by atoms with Gasteiger partial charge in [-0.15, -0.1) is 10.2 Å². The monoisotopic (exact) mass is 367 g/mol. The molecule has 1 aromatic heterocycles. The molecule has 138 valence electrons. The molecule has 0 aliphatic rings. The topological polar surface area (TPSA) is 104 Å². The Bertz CT molecular complexity index is 924. The molecule has 1 amide bonds. The fourth-order valence-corrected chi connectivity index (χ4v) is 2.23. The van der Waals surface area contributed by atoms with Crippen LogP contribution in [0.3, 0.4) is 0 Å². The van der Waals surface area contributed by atoms with Gasteiger partial charge in [0.1, 0.15) is 0 Å². The standard InChI is InChI=1S/C19H17N3O5/c1-2-25-19(24)20-15-10-6-9-14(11-15)18(23)26-12-16-21-22-17(27-16)13-7-4-3-5-8-13/h3-11H,2,12H2,1H3,(H,20,24). The lowest BCUT2D eigenvalue weighted by Crippen LogP contribution is -2.14. The maximum Gasteiger partial charge on any atom is 0.411 e. The smallest absolute Gasteiger partial charge is 0.411 e. The molecule has 1 heterocycles.